The van der Waals surface area contributed by atoms with E-state index in [0.29, 0.717) is 5.56 Å². The molecule has 84 valence electrons. The summed E-state index contributed by atoms with van der Waals surface area (Å²) in [5.41, 5.74) is 0.674. The van der Waals surface area contributed by atoms with Crippen molar-refractivity contribution in [1.29, 1.82) is 0 Å². The van der Waals surface area contributed by atoms with Crippen molar-refractivity contribution in [2.75, 3.05) is 0 Å². The molecular formula is C10H9Br2ClF2. The second-order valence-corrected chi connectivity index (χ2v) is 5.70. The molecule has 1 unspecified atom stereocenters. The first-order chi connectivity index (χ1) is 6.79. The van der Waals surface area contributed by atoms with E-state index in [2.05, 4.69) is 31.9 Å². The first kappa shape index (κ1) is 13.4. The standard InChI is InChI=1S/C10H9Br2ClF2/c1-10(14,15)5-9(13)7-4-6(11)2-3-8(7)12/h2-4,9H,5H2,1H3. The van der Waals surface area contributed by atoms with Crippen LogP contribution in [0.15, 0.2) is 27.1 Å². The number of rotatable bonds is 3. The molecule has 0 spiro atoms. The minimum absolute atomic E-state index is 0.371. The van der Waals surface area contributed by atoms with Gasteiger partial charge < -0.3 is 0 Å². The Labute approximate surface area is 109 Å². The lowest BCUT2D eigenvalue weighted by molar-refractivity contribution is 0.0119. The zero-order chi connectivity index (χ0) is 11.6. The van der Waals surface area contributed by atoms with Gasteiger partial charge in [-0.05, 0) is 30.7 Å². The van der Waals surface area contributed by atoms with Gasteiger partial charge in [-0.1, -0.05) is 31.9 Å². The van der Waals surface area contributed by atoms with Crippen molar-refractivity contribution in [3.63, 3.8) is 0 Å². The number of alkyl halides is 3. The van der Waals surface area contributed by atoms with Gasteiger partial charge in [-0.3, -0.25) is 0 Å². The van der Waals surface area contributed by atoms with Crippen molar-refractivity contribution in [3.8, 4) is 0 Å². The third-order valence-corrected chi connectivity index (χ3v) is 3.44. The molecule has 0 amide bonds. The van der Waals surface area contributed by atoms with Gasteiger partial charge in [0.25, 0.3) is 0 Å². The number of halogens is 5. The Bertz CT molecular complexity index is 350. The predicted octanol–water partition coefficient (Wildman–Crippen LogP) is 5.54. The predicted molar refractivity (Wildman–Crippen MR) is 65.7 cm³/mol. The van der Waals surface area contributed by atoms with Crippen LogP contribution in [0.25, 0.3) is 0 Å². The van der Waals surface area contributed by atoms with Crippen molar-refractivity contribution < 1.29 is 8.78 Å². The highest BCUT2D eigenvalue weighted by atomic mass is 79.9. The van der Waals surface area contributed by atoms with E-state index in [1.165, 1.54) is 0 Å². The Hall–Kier alpha value is 0.330. The molecule has 0 aromatic heterocycles. The molecule has 0 nitrogen and oxygen atoms in total. The molecule has 0 aliphatic carbocycles. The molecular weight excluding hydrogens is 353 g/mol. The van der Waals surface area contributed by atoms with Crippen LogP contribution in [0.4, 0.5) is 8.78 Å². The lowest BCUT2D eigenvalue weighted by Crippen LogP contribution is -2.12. The van der Waals surface area contributed by atoms with Gasteiger partial charge in [0, 0.05) is 15.4 Å². The summed E-state index contributed by atoms with van der Waals surface area (Å²) in [6, 6.07) is 5.34. The molecule has 1 aromatic carbocycles. The molecule has 0 saturated heterocycles. The summed E-state index contributed by atoms with van der Waals surface area (Å²) in [5, 5.41) is -0.697. The summed E-state index contributed by atoms with van der Waals surface area (Å²) in [5.74, 6) is -2.76. The molecule has 15 heavy (non-hydrogen) atoms. The number of hydrogen-bond acceptors (Lipinski definition) is 0. The molecule has 0 fully saturated rings. The van der Waals surface area contributed by atoms with Crippen LogP contribution in [0.2, 0.25) is 0 Å². The molecule has 1 atom stereocenters. The molecule has 0 saturated carbocycles. The topological polar surface area (TPSA) is 0 Å². The Morgan fingerprint density at radius 2 is 2.00 bits per heavy atom. The van der Waals surface area contributed by atoms with Crippen LogP contribution in [0.3, 0.4) is 0 Å². The Morgan fingerprint density at radius 1 is 1.40 bits per heavy atom. The van der Waals surface area contributed by atoms with Gasteiger partial charge in [-0.2, -0.15) is 0 Å². The summed E-state index contributed by atoms with van der Waals surface area (Å²) < 4.78 is 27.1. The van der Waals surface area contributed by atoms with Crippen molar-refractivity contribution in [1.82, 2.24) is 0 Å². The molecule has 0 N–H and O–H groups in total. The first-order valence-corrected chi connectivity index (χ1v) is 6.29. The molecule has 0 aliphatic heterocycles. The largest absolute Gasteiger partial charge is 0.247 e. The fourth-order valence-corrected chi connectivity index (χ4v) is 2.66. The zero-order valence-electron chi connectivity index (χ0n) is 7.91. The smallest absolute Gasteiger partial charge is 0.207 e. The molecule has 1 rings (SSSR count). The fraction of sp³-hybridized carbons (Fsp3) is 0.400. The van der Waals surface area contributed by atoms with Gasteiger partial charge in [0.05, 0.1) is 5.38 Å². The van der Waals surface area contributed by atoms with Crippen LogP contribution >= 0.6 is 43.5 Å². The third kappa shape index (κ3) is 4.37. The average Bonchev–Trinajstić information content (AvgIpc) is 2.06. The van der Waals surface area contributed by atoms with Crippen LogP contribution in [0, 0.1) is 0 Å². The Balaban J connectivity index is 2.90. The fourth-order valence-electron chi connectivity index (χ4n) is 1.18. The van der Waals surface area contributed by atoms with Crippen molar-refractivity contribution in [2.45, 2.75) is 24.6 Å². The van der Waals surface area contributed by atoms with E-state index in [1.807, 2.05) is 6.07 Å². The van der Waals surface area contributed by atoms with E-state index in [4.69, 9.17) is 11.6 Å². The van der Waals surface area contributed by atoms with Crippen LogP contribution in [-0.2, 0) is 0 Å². The van der Waals surface area contributed by atoms with Crippen molar-refractivity contribution in [2.24, 2.45) is 0 Å². The van der Waals surface area contributed by atoms with E-state index in [-0.39, 0.29) is 6.42 Å². The minimum Gasteiger partial charge on any atom is -0.207 e. The average molecular weight is 362 g/mol. The number of hydrogen-bond donors (Lipinski definition) is 0. The second-order valence-electron chi connectivity index (χ2n) is 3.41. The molecule has 0 bridgehead atoms. The molecule has 1 aromatic rings. The summed E-state index contributed by atoms with van der Waals surface area (Å²) in [6.07, 6.45) is -0.371. The summed E-state index contributed by atoms with van der Waals surface area (Å²) in [4.78, 5) is 0. The maximum atomic E-state index is 12.8. The normalized spacial score (nSPS) is 14.0. The van der Waals surface area contributed by atoms with Gasteiger partial charge in [0.1, 0.15) is 0 Å². The SMILES string of the molecule is CC(F)(F)CC(Cl)c1cc(Br)ccc1Br. The van der Waals surface area contributed by atoms with Gasteiger partial charge in [0.15, 0.2) is 0 Å². The van der Waals surface area contributed by atoms with Gasteiger partial charge in [-0.15, -0.1) is 11.6 Å². The molecule has 0 radical (unpaired) electrons. The van der Waals surface area contributed by atoms with Crippen LogP contribution in [0.1, 0.15) is 24.3 Å². The quantitative estimate of drug-likeness (QED) is 0.620. The molecule has 0 heterocycles. The highest BCUT2D eigenvalue weighted by molar-refractivity contribution is 9.11. The maximum Gasteiger partial charge on any atom is 0.247 e. The Morgan fingerprint density at radius 3 is 2.53 bits per heavy atom. The van der Waals surface area contributed by atoms with Crippen LogP contribution in [-0.4, -0.2) is 5.92 Å². The highest BCUT2D eigenvalue weighted by Gasteiger charge is 2.27. The van der Waals surface area contributed by atoms with E-state index in [9.17, 15) is 8.78 Å². The summed E-state index contributed by atoms with van der Waals surface area (Å²) >= 11 is 12.5. The van der Waals surface area contributed by atoms with Gasteiger partial charge in [-0.25, -0.2) is 8.78 Å². The monoisotopic (exact) mass is 360 g/mol. The number of benzene rings is 1. The lowest BCUT2D eigenvalue weighted by atomic mass is 10.1. The van der Waals surface area contributed by atoms with Crippen LogP contribution in [0.5, 0.6) is 0 Å². The Kier molecular flexibility index (Phi) is 4.56. The first-order valence-electron chi connectivity index (χ1n) is 4.26. The highest BCUT2D eigenvalue weighted by Crippen LogP contribution is 2.37. The van der Waals surface area contributed by atoms with Crippen molar-refractivity contribution >= 4 is 43.5 Å². The van der Waals surface area contributed by atoms with E-state index < -0.39 is 11.3 Å². The van der Waals surface area contributed by atoms with Crippen molar-refractivity contribution in [3.05, 3.63) is 32.7 Å². The van der Waals surface area contributed by atoms with Crippen LogP contribution < -0.4 is 0 Å². The summed E-state index contributed by atoms with van der Waals surface area (Å²) in [7, 11) is 0. The maximum absolute atomic E-state index is 12.8. The lowest BCUT2D eigenvalue weighted by Gasteiger charge is -2.16. The van der Waals surface area contributed by atoms with E-state index in [1.54, 1.807) is 12.1 Å². The summed E-state index contributed by atoms with van der Waals surface area (Å²) in [6.45, 7) is 0.869. The van der Waals surface area contributed by atoms with Gasteiger partial charge >= 0.3 is 0 Å². The zero-order valence-corrected chi connectivity index (χ0v) is 11.8. The van der Waals surface area contributed by atoms with E-state index in [0.717, 1.165) is 15.9 Å². The van der Waals surface area contributed by atoms with Gasteiger partial charge in [0.2, 0.25) is 5.92 Å². The molecule has 0 aliphatic rings. The second kappa shape index (κ2) is 5.11. The minimum atomic E-state index is -2.76. The third-order valence-electron chi connectivity index (χ3n) is 1.83. The molecule has 5 heteroatoms. The van der Waals surface area contributed by atoms with E-state index >= 15 is 0 Å².